The number of anilines is 2. The number of carbonyl (C=O) groups is 2. The Bertz CT molecular complexity index is 748. The standard InChI is InChI=1S/C15H10ClFN2O2/c16-10-7-9(5-6-11(10)17)15(21)19-8-14(20)18-12-3-1-2-4-13(12)19/h1-7H,8H2,(H,18,20). The molecule has 0 radical (unpaired) electrons. The number of hydrogen-bond acceptors (Lipinski definition) is 2. The molecule has 106 valence electrons. The van der Waals surface area contributed by atoms with Gasteiger partial charge < -0.3 is 5.32 Å². The second-order valence-electron chi connectivity index (χ2n) is 4.59. The highest BCUT2D eigenvalue weighted by Crippen LogP contribution is 2.30. The minimum Gasteiger partial charge on any atom is -0.323 e. The third-order valence-electron chi connectivity index (χ3n) is 3.18. The summed E-state index contributed by atoms with van der Waals surface area (Å²) in [6, 6.07) is 10.7. The minimum atomic E-state index is -0.593. The maximum atomic E-state index is 13.2. The number of para-hydroxylation sites is 2. The second-order valence-corrected chi connectivity index (χ2v) is 4.99. The molecule has 0 atom stereocenters. The fourth-order valence-electron chi connectivity index (χ4n) is 2.20. The van der Waals surface area contributed by atoms with Gasteiger partial charge in [-0.3, -0.25) is 14.5 Å². The van der Waals surface area contributed by atoms with E-state index >= 15 is 0 Å². The lowest BCUT2D eigenvalue weighted by Crippen LogP contribution is -2.42. The highest BCUT2D eigenvalue weighted by molar-refractivity contribution is 6.31. The summed E-state index contributed by atoms with van der Waals surface area (Å²) in [4.78, 5) is 25.6. The van der Waals surface area contributed by atoms with Crippen molar-refractivity contribution in [2.45, 2.75) is 0 Å². The number of carbonyl (C=O) groups excluding carboxylic acids is 2. The summed E-state index contributed by atoms with van der Waals surface area (Å²) in [5.41, 5.74) is 1.39. The van der Waals surface area contributed by atoms with E-state index in [1.807, 2.05) is 0 Å². The summed E-state index contributed by atoms with van der Waals surface area (Å²) in [7, 11) is 0. The first kappa shape index (κ1) is 13.6. The molecule has 0 spiro atoms. The van der Waals surface area contributed by atoms with Crippen LogP contribution in [0, 0.1) is 5.82 Å². The zero-order valence-electron chi connectivity index (χ0n) is 10.8. The van der Waals surface area contributed by atoms with E-state index in [2.05, 4.69) is 5.32 Å². The molecule has 0 saturated carbocycles. The number of benzene rings is 2. The molecular formula is C15H10ClFN2O2. The molecule has 0 saturated heterocycles. The van der Waals surface area contributed by atoms with Gasteiger partial charge in [-0.1, -0.05) is 23.7 Å². The number of nitrogens with one attached hydrogen (secondary N) is 1. The summed E-state index contributed by atoms with van der Waals surface area (Å²) in [6.07, 6.45) is 0. The number of rotatable bonds is 1. The van der Waals surface area contributed by atoms with E-state index < -0.39 is 11.7 Å². The van der Waals surface area contributed by atoms with Crippen molar-refractivity contribution in [3.05, 3.63) is 58.9 Å². The molecular weight excluding hydrogens is 295 g/mol. The van der Waals surface area contributed by atoms with Crippen LogP contribution in [-0.4, -0.2) is 18.4 Å². The van der Waals surface area contributed by atoms with E-state index in [-0.39, 0.29) is 23.0 Å². The molecule has 2 aromatic carbocycles. The van der Waals surface area contributed by atoms with E-state index in [1.165, 1.54) is 17.0 Å². The molecule has 2 amide bonds. The van der Waals surface area contributed by atoms with E-state index in [0.717, 1.165) is 6.07 Å². The summed E-state index contributed by atoms with van der Waals surface area (Å²) < 4.78 is 13.2. The topological polar surface area (TPSA) is 49.4 Å². The van der Waals surface area contributed by atoms with E-state index in [0.29, 0.717) is 11.4 Å². The number of amides is 2. The summed E-state index contributed by atoms with van der Waals surface area (Å²) >= 11 is 5.70. The van der Waals surface area contributed by atoms with Gasteiger partial charge in [-0.2, -0.15) is 0 Å². The lowest BCUT2D eigenvalue weighted by Gasteiger charge is -2.29. The Hall–Kier alpha value is -2.40. The lowest BCUT2D eigenvalue weighted by atomic mass is 10.1. The molecule has 0 unspecified atom stereocenters. The van der Waals surface area contributed by atoms with Gasteiger partial charge in [0.25, 0.3) is 5.91 Å². The van der Waals surface area contributed by atoms with Crippen molar-refractivity contribution in [1.82, 2.24) is 0 Å². The van der Waals surface area contributed by atoms with Crippen LogP contribution in [0.1, 0.15) is 10.4 Å². The van der Waals surface area contributed by atoms with Crippen molar-refractivity contribution >= 4 is 34.8 Å². The molecule has 6 heteroatoms. The highest BCUT2D eigenvalue weighted by Gasteiger charge is 2.27. The third-order valence-corrected chi connectivity index (χ3v) is 3.47. The summed E-state index contributed by atoms with van der Waals surface area (Å²) in [5, 5.41) is 2.57. The van der Waals surface area contributed by atoms with Gasteiger partial charge in [0.05, 0.1) is 16.4 Å². The first-order chi connectivity index (χ1) is 10.1. The SMILES string of the molecule is O=C1CN(C(=O)c2ccc(F)c(Cl)c2)c2ccccc2N1. The van der Waals surface area contributed by atoms with Gasteiger partial charge in [0.2, 0.25) is 5.91 Å². The smallest absolute Gasteiger partial charge is 0.258 e. The summed E-state index contributed by atoms with van der Waals surface area (Å²) in [5.74, 6) is -1.28. The van der Waals surface area contributed by atoms with Crippen molar-refractivity contribution in [3.8, 4) is 0 Å². The van der Waals surface area contributed by atoms with Crippen LogP contribution < -0.4 is 10.2 Å². The molecule has 1 N–H and O–H groups in total. The van der Waals surface area contributed by atoms with E-state index in [1.54, 1.807) is 24.3 Å². The Morgan fingerprint density at radius 3 is 2.76 bits per heavy atom. The van der Waals surface area contributed by atoms with Crippen molar-refractivity contribution in [3.63, 3.8) is 0 Å². The average Bonchev–Trinajstić information content (AvgIpc) is 2.48. The Morgan fingerprint density at radius 2 is 2.00 bits per heavy atom. The third kappa shape index (κ3) is 2.48. The predicted molar refractivity (Wildman–Crippen MR) is 78.2 cm³/mol. The van der Waals surface area contributed by atoms with E-state index in [9.17, 15) is 14.0 Å². The van der Waals surface area contributed by atoms with Crippen LogP contribution in [-0.2, 0) is 4.79 Å². The monoisotopic (exact) mass is 304 g/mol. The van der Waals surface area contributed by atoms with Crippen molar-refractivity contribution in [1.29, 1.82) is 0 Å². The molecule has 0 aromatic heterocycles. The van der Waals surface area contributed by atoms with Crippen LogP contribution in [0.25, 0.3) is 0 Å². The van der Waals surface area contributed by atoms with Gasteiger partial charge >= 0.3 is 0 Å². The Labute approximate surface area is 125 Å². The van der Waals surface area contributed by atoms with Crippen molar-refractivity contribution < 1.29 is 14.0 Å². The van der Waals surface area contributed by atoms with Gasteiger partial charge in [0.1, 0.15) is 12.4 Å². The first-order valence-corrected chi connectivity index (χ1v) is 6.60. The highest BCUT2D eigenvalue weighted by atomic mass is 35.5. The quantitative estimate of drug-likeness (QED) is 0.880. The Morgan fingerprint density at radius 1 is 1.24 bits per heavy atom. The zero-order chi connectivity index (χ0) is 15.0. The number of halogens is 2. The van der Waals surface area contributed by atoms with Gasteiger partial charge in [-0.25, -0.2) is 4.39 Å². The predicted octanol–water partition coefficient (Wildman–Crippen LogP) is 3.08. The fourth-order valence-corrected chi connectivity index (χ4v) is 2.38. The Kier molecular flexibility index (Phi) is 3.35. The largest absolute Gasteiger partial charge is 0.323 e. The maximum Gasteiger partial charge on any atom is 0.258 e. The molecule has 1 heterocycles. The van der Waals surface area contributed by atoms with Gasteiger partial charge in [0, 0.05) is 5.56 Å². The molecule has 21 heavy (non-hydrogen) atoms. The molecule has 3 rings (SSSR count). The second kappa shape index (κ2) is 5.18. The minimum absolute atomic E-state index is 0.0924. The van der Waals surface area contributed by atoms with Crippen LogP contribution in [0.15, 0.2) is 42.5 Å². The molecule has 1 aliphatic rings. The van der Waals surface area contributed by atoms with Gasteiger partial charge in [-0.15, -0.1) is 0 Å². The molecule has 2 aromatic rings. The molecule has 1 aliphatic heterocycles. The van der Waals surface area contributed by atoms with Crippen LogP contribution in [0.4, 0.5) is 15.8 Å². The summed E-state index contributed by atoms with van der Waals surface area (Å²) in [6.45, 7) is -0.0924. The molecule has 0 aliphatic carbocycles. The maximum absolute atomic E-state index is 13.2. The van der Waals surface area contributed by atoms with Gasteiger partial charge in [0.15, 0.2) is 0 Å². The fraction of sp³-hybridized carbons (Fsp3) is 0.0667. The van der Waals surface area contributed by atoms with Crippen molar-refractivity contribution in [2.24, 2.45) is 0 Å². The number of nitrogens with zero attached hydrogens (tertiary/aromatic N) is 1. The van der Waals surface area contributed by atoms with Crippen molar-refractivity contribution in [2.75, 3.05) is 16.8 Å². The normalized spacial score (nSPS) is 13.6. The zero-order valence-corrected chi connectivity index (χ0v) is 11.5. The van der Waals surface area contributed by atoms with Crippen LogP contribution in [0.2, 0.25) is 5.02 Å². The Balaban J connectivity index is 2.01. The van der Waals surface area contributed by atoms with E-state index in [4.69, 9.17) is 11.6 Å². The van der Waals surface area contributed by atoms with Crippen LogP contribution in [0.5, 0.6) is 0 Å². The first-order valence-electron chi connectivity index (χ1n) is 6.22. The average molecular weight is 305 g/mol. The number of hydrogen-bond donors (Lipinski definition) is 1. The van der Waals surface area contributed by atoms with Gasteiger partial charge in [-0.05, 0) is 30.3 Å². The van der Waals surface area contributed by atoms with Crippen LogP contribution in [0.3, 0.4) is 0 Å². The molecule has 0 bridgehead atoms. The van der Waals surface area contributed by atoms with Crippen LogP contribution >= 0.6 is 11.6 Å². The lowest BCUT2D eigenvalue weighted by molar-refractivity contribution is -0.115. The molecule has 0 fully saturated rings. The number of fused-ring (bicyclic) bond motifs is 1. The molecule has 4 nitrogen and oxygen atoms in total.